The van der Waals surface area contributed by atoms with Gasteiger partial charge >= 0.3 is 17.9 Å². The maximum absolute atomic E-state index is 12.6. The first-order valence-electron chi connectivity index (χ1n) is 10.3. The second kappa shape index (κ2) is 8.17. The molecule has 0 radical (unpaired) electrons. The smallest absolute Gasteiger partial charge is 0.311 e. The number of hydrogen-bond acceptors (Lipinski definition) is 5. The molecule has 1 saturated carbocycles. The quantitative estimate of drug-likeness (QED) is 0.571. The van der Waals surface area contributed by atoms with Crippen molar-refractivity contribution >= 4 is 17.9 Å². The van der Waals surface area contributed by atoms with Crippen molar-refractivity contribution in [2.45, 2.75) is 70.6 Å². The lowest BCUT2D eigenvalue weighted by Gasteiger charge is -2.54. The van der Waals surface area contributed by atoms with Gasteiger partial charge in [-0.3, -0.25) is 14.4 Å². The maximum Gasteiger partial charge on any atom is 0.311 e. The average Bonchev–Trinajstić information content (AvgIpc) is 2.67. The Kier molecular flexibility index (Phi) is 6.01. The van der Waals surface area contributed by atoms with Crippen LogP contribution in [-0.2, 0) is 31.0 Å². The Hall–Kier alpha value is -2.37. The summed E-state index contributed by atoms with van der Waals surface area (Å²) in [6, 6.07) is 5.76. The number of benzene rings is 1. The van der Waals surface area contributed by atoms with Gasteiger partial charge in [0, 0.05) is 12.8 Å². The highest BCUT2D eigenvalue weighted by Gasteiger charge is 2.55. The number of carbonyl (C=O) groups excluding carboxylic acids is 2. The molecule has 0 aromatic heterocycles. The van der Waals surface area contributed by atoms with Crippen molar-refractivity contribution in [3.8, 4) is 5.75 Å². The summed E-state index contributed by atoms with van der Waals surface area (Å²) in [5.74, 6) is -0.831. The summed E-state index contributed by atoms with van der Waals surface area (Å²) >= 11 is 0. The summed E-state index contributed by atoms with van der Waals surface area (Å²) < 4.78 is 10.6. The van der Waals surface area contributed by atoms with Crippen LogP contribution in [0.4, 0.5) is 0 Å². The maximum atomic E-state index is 12.6. The monoisotopic (exact) mass is 402 g/mol. The molecular weight excluding hydrogens is 372 g/mol. The van der Waals surface area contributed by atoms with Gasteiger partial charge in [-0.1, -0.05) is 19.4 Å². The van der Waals surface area contributed by atoms with Crippen LogP contribution in [0, 0.1) is 11.3 Å². The third-order valence-corrected chi connectivity index (χ3v) is 6.98. The van der Waals surface area contributed by atoms with Crippen molar-refractivity contribution in [3.63, 3.8) is 0 Å². The summed E-state index contributed by atoms with van der Waals surface area (Å²) in [6.07, 6.45) is 4.85. The van der Waals surface area contributed by atoms with Gasteiger partial charge in [0.05, 0.1) is 12.5 Å². The molecule has 29 heavy (non-hydrogen) atoms. The molecule has 0 unspecified atom stereocenters. The molecule has 0 saturated heterocycles. The summed E-state index contributed by atoms with van der Waals surface area (Å²) in [7, 11) is 1.46. The number of fused-ring (bicyclic) bond motifs is 3. The van der Waals surface area contributed by atoms with E-state index in [1.165, 1.54) is 12.7 Å². The molecule has 0 heterocycles. The van der Waals surface area contributed by atoms with Crippen molar-refractivity contribution in [3.05, 3.63) is 29.3 Å². The van der Waals surface area contributed by atoms with E-state index in [2.05, 4.69) is 6.92 Å². The molecule has 3 atom stereocenters. The van der Waals surface area contributed by atoms with E-state index in [0.717, 1.165) is 37.7 Å². The van der Waals surface area contributed by atoms with E-state index in [1.807, 2.05) is 19.1 Å². The van der Waals surface area contributed by atoms with Crippen LogP contribution in [0.15, 0.2) is 18.2 Å². The molecule has 1 aromatic rings. The Morgan fingerprint density at radius 2 is 1.93 bits per heavy atom. The lowest BCUT2D eigenvalue weighted by atomic mass is 9.50. The standard InChI is InChI=1S/C23H30O6/c1-22-12-5-13-23(2,21(27)28-3)18(22)11-9-15-8-10-16(14-17(15)22)29-20(26)7-4-6-19(24)25/h8,10,14,18H,4-7,9,11-13H2,1-3H3,(H,24,25)/t18-,22-,23+/m1/s1. The van der Waals surface area contributed by atoms with Gasteiger partial charge in [0.1, 0.15) is 5.75 Å². The van der Waals surface area contributed by atoms with Gasteiger partial charge in [-0.05, 0) is 73.6 Å². The van der Waals surface area contributed by atoms with E-state index in [4.69, 9.17) is 14.6 Å². The number of aliphatic carboxylic acids is 1. The zero-order valence-electron chi connectivity index (χ0n) is 17.5. The molecule has 0 amide bonds. The molecule has 6 nitrogen and oxygen atoms in total. The summed E-state index contributed by atoms with van der Waals surface area (Å²) in [5.41, 5.74) is 1.70. The van der Waals surface area contributed by atoms with Gasteiger partial charge in [0.15, 0.2) is 0 Å². The van der Waals surface area contributed by atoms with E-state index in [-0.39, 0.29) is 36.6 Å². The van der Waals surface area contributed by atoms with Crippen molar-refractivity contribution in [1.29, 1.82) is 0 Å². The van der Waals surface area contributed by atoms with Crippen LogP contribution in [0.25, 0.3) is 0 Å². The molecule has 3 rings (SSSR count). The lowest BCUT2D eigenvalue weighted by molar-refractivity contribution is -0.161. The number of methoxy groups -OCH3 is 1. The largest absolute Gasteiger partial charge is 0.481 e. The van der Waals surface area contributed by atoms with Gasteiger partial charge in [-0.2, -0.15) is 0 Å². The number of esters is 2. The molecule has 0 aliphatic heterocycles. The molecule has 2 aliphatic rings. The third kappa shape index (κ3) is 4.02. The minimum Gasteiger partial charge on any atom is -0.481 e. The Bertz CT molecular complexity index is 816. The number of carboxylic acids is 1. The Morgan fingerprint density at radius 3 is 2.62 bits per heavy atom. The van der Waals surface area contributed by atoms with E-state index in [0.29, 0.717) is 5.75 Å². The van der Waals surface area contributed by atoms with E-state index < -0.39 is 17.4 Å². The third-order valence-electron chi connectivity index (χ3n) is 6.98. The first-order valence-corrected chi connectivity index (χ1v) is 10.3. The SMILES string of the molecule is COC(=O)[C@@]1(C)CCC[C@]2(C)c3cc(OC(=O)CCCC(=O)O)ccc3CC[C@@H]12. The fourth-order valence-electron chi connectivity index (χ4n) is 5.55. The van der Waals surface area contributed by atoms with Crippen LogP contribution in [-0.4, -0.2) is 30.1 Å². The summed E-state index contributed by atoms with van der Waals surface area (Å²) in [5, 5.41) is 8.70. The topological polar surface area (TPSA) is 89.9 Å². The number of aryl methyl sites for hydroxylation is 1. The van der Waals surface area contributed by atoms with Gasteiger partial charge in [-0.25, -0.2) is 0 Å². The van der Waals surface area contributed by atoms with E-state index in [9.17, 15) is 14.4 Å². The first kappa shape index (κ1) is 21.3. The molecule has 0 spiro atoms. The number of ether oxygens (including phenoxy) is 2. The molecule has 158 valence electrons. The highest BCUT2D eigenvalue weighted by atomic mass is 16.5. The average molecular weight is 402 g/mol. The van der Waals surface area contributed by atoms with Gasteiger partial charge in [0.2, 0.25) is 0 Å². The molecular formula is C23H30O6. The summed E-state index contributed by atoms with van der Waals surface area (Å²) in [4.78, 5) is 35.3. The fourth-order valence-corrected chi connectivity index (χ4v) is 5.55. The normalized spacial score (nSPS) is 28.0. The van der Waals surface area contributed by atoms with Gasteiger partial charge in [0.25, 0.3) is 0 Å². The number of carbonyl (C=O) groups is 3. The fraction of sp³-hybridized carbons (Fsp3) is 0.609. The minimum absolute atomic E-state index is 0.0504. The van der Waals surface area contributed by atoms with Crippen LogP contribution in [0.1, 0.15) is 69.9 Å². The minimum atomic E-state index is -0.920. The molecule has 1 fully saturated rings. The number of rotatable bonds is 6. The van der Waals surface area contributed by atoms with E-state index >= 15 is 0 Å². The van der Waals surface area contributed by atoms with Crippen molar-refractivity contribution in [2.75, 3.05) is 7.11 Å². The molecule has 0 bridgehead atoms. The second-order valence-electron chi connectivity index (χ2n) is 8.81. The second-order valence-corrected chi connectivity index (χ2v) is 8.81. The van der Waals surface area contributed by atoms with Gasteiger partial charge < -0.3 is 14.6 Å². The number of hydrogen-bond donors (Lipinski definition) is 1. The first-order chi connectivity index (χ1) is 13.7. The molecule has 1 N–H and O–H groups in total. The molecule has 2 aliphatic carbocycles. The van der Waals surface area contributed by atoms with Crippen molar-refractivity contribution in [2.24, 2.45) is 11.3 Å². The van der Waals surface area contributed by atoms with Crippen LogP contribution in [0.3, 0.4) is 0 Å². The Balaban J connectivity index is 1.84. The highest BCUT2D eigenvalue weighted by Crippen LogP contribution is 2.57. The highest BCUT2D eigenvalue weighted by molar-refractivity contribution is 5.77. The predicted octanol–water partition coefficient (Wildman–Crippen LogP) is 4.03. The predicted molar refractivity (Wildman–Crippen MR) is 107 cm³/mol. The summed E-state index contributed by atoms with van der Waals surface area (Å²) in [6.45, 7) is 4.24. The van der Waals surface area contributed by atoms with Crippen LogP contribution >= 0.6 is 0 Å². The number of carboxylic acid groups (broad SMARTS) is 1. The van der Waals surface area contributed by atoms with Crippen molar-refractivity contribution < 1.29 is 29.0 Å². The van der Waals surface area contributed by atoms with E-state index in [1.54, 1.807) is 6.07 Å². The zero-order valence-corrected chi connectivity index (χ0v) is 17.5. The van der Waals surface area contributed by atoms with Crippen molar-refractivity contribution in [1.82, 2.24) is 0 Å². The molecule has 1 aromatic carbocycles. The Labute approximate surface area is 171 Å². The lowest BCUT2D eigenvalue weighted by Crippen LogP contribution is -2.52. The molecule has 6 heteroatoms. The zero-order chi connectivity index (χ0) is 21.2. The van der Waals surface area contributed by atoms with Gasteiger partial charge in [-0.15, -0.1) is 0 Å². The van der Waals surface area contributed by atoms with Crippen LogP contribution in [0.2, 0.25) is 0 Å². The van der Waals surface area contributed by atoms with Crippen LogP contribution < -0.4 is 4.74 Å². The Morgan fingerprint density at radius 1 is 1.17 bits per heavy atom. The van der Waals surface area contributed by atoms with Crippen LogP contribution in [0.5, 0.6) is 5.75 Å².